The molecule has 1 fully saturated rings. The highest BCUT2D eigenvalue weighted by atomic mass is 35.5. The predicted octanol–water partition coefficient (Wildman–Crippen LogP) is 1.93. The van der Waals surface area contributed by atoms with Gasteiger partial charge in [-0.2, -0.15) is 0 Å². The van der Waals surface area contributed by atoms with E-state index in [2.05, 4.69) is 34.7 Å². The van der Waals surface area contributed by atoms with Crippen molar-refractivity contribution < 1.29 is 14.3 Å². The fourth-order valence-electron chi connectivity index (χ4n) is 2.84. The lowest BCUT2D eigenvalue weighted by Crippen LogP contribution is -2.45. The summed E-state index contributed by atoms with van der Waals surface area (Å²) in [6.45, 7) is 5.71. The second-order valence-electron chi connectivity index (χ2n) is 6.30. The monoisotopic (exact) mass is 368 g/mol. The summed E-state index contributed by atoms with van der Waals surface area (Å²) < 4.78 is 5.48. The molecule has 1 aliphatic heterocycles. The van der Waals surface area contributed by atoms with E-state index in [0.29, 0.717) is 22.3 Å². The molecule has 0 radical (unpaired) electrons. The van der Waals surface area contributed by atoms with Gasteiger partial charge in [-0.15, -0.1) is 0 Å². The molecule has 2 atom stereocenters. The molecule has 138 valence electrons. The van der Waals surface area contributed by atoms with Crippen LogP contribution in [0.4, 0.5) is 10.5 Å². The third kappa shape index (κ3) is 4.84. The summed E-state index contributed by atoms with van der Waals surface area (Å²) in [4.78, 5) is 26.3. The van der Waals surface area contributed by atoms with Gasteiger partial charge in [0, 0.05) is 38.9 Å². The number of halogens is 1. The molecule has 0 aliphatic carbocycles. The number of amides is 3. The topological polar surface area (TPSA) is 82.7 Å². The number of rotatable bonds is 5. The van der Waals surface area contributed by atoms with Crippen LogP contribution in [0.3, 0.4) is 0 Å². The van der Waals surface area contributed by atoms with Crippen LogP contribution in [0.25, 0.3) is 0 Å². The van der Waals surface area contributed by atoms with Gasteiger partial charge in [0.15, 0.2) is 0 Å². The number of ether oxygens (including phenoxy) is 1. The van der Waals surface area contributed by atoms with E-state index in [-0.39, 0.29) is 24.1 Å². The summed E-state index contributed by atoms with van der Waals surface area (Å²) in [5.41, 5.74) is 0.803. The molecular formula is C17H25ClN4O3. The Morgan fingerprint density at radius 2 is 2.04 bits per heavy atom. The number of carbonyl (C=O) groups excluding carboxylic acids is 2. The molecule has 2 rings (SSSR count). The molecule has 0 bridgehead atoms. The Kier molecular flexibility index (Phi) is 6.64. The number of hydrogen-bond acceptors (Lipinski definition) is 4. The highest BCUT2D eigenvalue weighted by Gasteiger charge is 2.35. The first-order valence-corrected chi connectivity index (χ1v) is 8.59. The van der Waals surface area contributed by atoms with Gasteiger partial charge in [0.2, 0.25) is 0 Å². The Bertz CT molecular complexity index is 638. The fraction of sp³-hybridized carbons (Fsp3) is 0.529. The number of likely N-dealkylation sites (tertiary alicyclic amines) is 1. The molecule has 1 heterocycles. The van der Waals surface area contributed by atoms with Crippen molar-refractivity contribution in [2.45, 2.75) is 32.0 Å². The van der Waals surface area contributed by atoms with E-state index in [1.807, 2.05) is 0 Å². The minimum Gasteiger partial charge on any atom is -0.378 e. The van der Waals surface area contributed by atoms with Crippen LogP contribution in [0.2, 0.25) is 5.02 Å². The summed E-state index contributed by atoms with van der Waals surface area (Å²) in [7, 11) is 3.19. The molecule has 3 N–H and O–H groups in total. The number of nitrogens with one attached hydrogen (secondary N) is 3. The van der Waals surface area contributed by atoms with Crippen LogP contribution in [0.5, 0.6) is 0 Å². The van der Waals surface area contributed by atoms with Crippen molar-refractivity contribution in [2.24, 2.45) is 0 Å². The number of anilines is 1. The zero-order valence-electron chi connectivity index (χ0n) is 14.9. The van der Waals surface area contributed by atoms with Crippen LogP contribution in [-0.4, -0.2) is 62.3 Å². The summed E-state index contributed by atoms with van der Waals surface area (Å²) in [5, 5.41) is 8.54. The largest absolute Gasteiger partial charge is 0.378 e. The van der Waals surface area contributed by atoms with Crippen molar-refractivity contribution in [1.29, 1.82) is 0 Å². The summed E-state index contributed by atoms with van der Waals surface area (Å²) in [6, 6.07) is 4.61. The smallest absolute Gasteiger partial charge is 0.319 e. The molecule has 0 unspecified atom stereocenters. The van der Waals surface area contributed by atoms with E-state index in [0.717, 1.165) is 13.1 Å². The van der Waals surface area contributed by atoms with Crippen LogP contribution in [0.1, 0.15) is 24.2 Å². The molecule has 1 saturated heterocycles. The number of nitrogens with zero attached hydrogens (tertiary/aromatic N) is 1. The van der Waals surface area contributed by atoms with Crippen molar-refractivity contribution in [3.63, 3.8) is 0 Å². The zero-order chi connectivity index (χ0) is 18.6. The third-order valence-corrected chi connectivity index (χ3v) is 4.68. The van der Waals surface area contributed by atoms with Gasteiger partial charge in [-0.05, 0) is 32.0 Å². The van der Waals surface area contributed by atoms with Crippen molar-refractivity contribution in [1.82, 2.24) is 15.5 Å². The van der Waals surface area contributed by atoms with Crippen molar-refractivity contribution >= 4 is 29.2 Å². The van der Waals surface area contributed by atoms with Crippen LogP contribution >= 0.6 is 11.6 Å². The first-order chi connectivity index (χ1) is 11.8. The van der Waals surface area contributed by atoms with Gasteiger partial charge >= 0.3 is 6.03 Å². The normalized spacial score (nSPS) is 20.6. The van der Waals surface area contributed by atoms with Crippen molar-refractivity contribution in [3.8, 4) is 0 Å². The van der Waals surface area contributed by atoms with Gasteiger partial charge in [-0.1, -0.05) is 11.6 Å². The molecule has 7 nitrogen and oxygen atoms in total. The number of benzene rings is 1. The second-order valence-corrected chi connectivity index (χ2v) is 6.71. The molecule has 1 aromatic carbocycles. The van der Waals surface area contributed by atoms with E-state index >= 15 is 0 Å². The maximum absolute atomic E-state index is 12.4. The Balaban J connectivity index is 2.04. The van der Waals surface area contributed by atoms with Gasteiger partial charge in [0.05, 0.1) is 22.9 Å². The number of carbonyl (C=O) groups is 2. The first-order valence-electron chi connectivity index (χ1n) is 8.21. The molecule has 8 heteroatoms. The minimum atomic E-state index is -0.381. The van der Waals surface area contributed by atoms with Crippen molar-refractivity contribution in [3.05, 3.63) is 28.8 Å². The maximum atomic E-state index is 12.4. The van der Waals surface area contributed by atoms with E-state index in [1.54, 1.807) is 32.4 Å². The molecule has 0 aromatic heterocycles. The van der Waals surface area contributed by atoms with Gasteiger partial charge in [0.25, 0.3) is 5.91 Å². The predicted molar refractivity (Wildman–Crippen MR) is 98.3 cm³/mol. The molecule has 0 spiro atoms. The number of urea groups is 1. The first kappa shape index (κ1) is 19.5. The van der Waals surface area contributed by atoms with E-state index < -0.39 is 0 Å². The minimum absolute atomic E-state index is 0.0687. The lowest BCUT2D eigenvalue weighted by molar-refractivity contribution is 0.0896. The summed E-state index contributed by atoms with van der Waals surface area (Å²) >= 11 is 6.12. The Hall–Kier alpha value is -1.83. The summed E-state index contributed by atoms with van der Waals surface area (Å²) in [5.74, 6) is -0.247. The lowest BCUT2D eigenvalue weighted by Gasteiger charge is -2.20. The van der Waals surface area contributed by atoms with Crippen LogP contribution in [0.15, 0.2) is 18.2 Å². The molecular weight excluding hydrogens is 344 g/mol. The molecule has 25 heavy (non-hydrogen) atoms. The van der Waals surface area contributed by atoms with E-state index in [1.165, 1.54) is 0 Å². The number of methoxy groups -OCH3 is 1. The maximum Gasteiger partial charge on any atom is 0.319 e. The standard InChI is InChI=1S/C17H25ClN4O3/c1-10(2)22-8-14(15(9-22)25-4)21-17(24)20-13-7-11(16(23)19-3)5-6-12(13)18/h5-7,10,14-15H,8-9H2,1-4H3,(H,19,23)(H2,20,21,24)/t14-,15-/m0/s1. The molecule has 3 amide bonds. The zero-order valence-corrected chi connectivity index (χ0v) is 15.7. The number of hydrogen-bond donors (Lipinski definition) is 3. The SMILES string of the molecule is CNC(=O)c1ccc(Cl)c(NC(=O)N[C@H]2CN(C(C)C)C[C@@H]2OC)c1. The fourth-order valence-corrected chi connectivity index (χ4v) is 3.00. The Morgan fingerprint density at radius 1 is 1.32 bits per heavy atom. The summed E-state index contributed by atoms with van der Waals surface area (Å²) in [6.07, 6.45) is -0.0687. The molecule has 0 saturated carbocycles. The highest BCUT2D eigenvalue weighted by molar-refractivity contribution is 6.33. The van der Waals surface area contributed by atoms with Crippen LogP contribution < -0.4 is 16.0 Å². The van der Waals surface area contributed by atoms with Crippen molar-refractivity contribution in [2.75, 3.05) is 32.6 Å². The Morgan fingerprint density at radius 3 is 2.64 bits per heavy atom. The van der Waals surface area contributed by atoms with E-state index in [4.69, 9.17) is 16.3 Å². The average molecular weight is 369 g/mol. The van der Waals surface area contributed by atoms with Gasteiger partial charge in [-0.25, -0.2) is 4.79 Å². The van der Waals surface area contributed by atoms with Gasteiger partial charge < -0.3 is 20.7 Å². The van der Waals surface area contributed by atoms with Gasteiger partial charge in [0.1, 0.15) is 0 Å². The van der Waals surface area contributed by atoms with Crippen LogP contribution in [0, 0.1) is 0 Å². The highest BCUT2D eigenvalue weighted by Crippen LogP contribution is 2.23. The van der Waals surface area contributed by atoms with E-state index in [9.17, 15) is 9.59 Å². The third-order valence-electron chi connectivity index (χ3n) is 4.35. The molecule has 1 aliphatic rings. The second kappa shape index (κ2) is 8.51. The lowest BCUT2D eigenvalue weighted by atomic mass is 10.2. The Labute approximate surface area is 153 Å². The van der Waals surface area contributed by atoms with Gasteiger partial charge in [-0.3, -0.25) is 9.69 Å². The quantitative estimate of drug-likeness (QED) is 0.741. The van der Waals surface area contributed by atoms with Crippen LogP contribution in [-0.2, 0) is 4.74 Å². The average Bonchev–Trinajstić information content (AvgIpc) is 2.99. The molecule has 1 aromatic rings.